The fourth-order valence-corrected chi connectivity index (χ4v) is 1.59. The van der Waals surface area contributed by atoms with E-state index in [0.717, 1.165) is 22.8 Å². The van der Waals surface area contributed by atoms with Crippen molar-refractivity contribution in [2.45, 2.75) is 19.8 Å². The predicted molar refractivity (Wildman–Crippen MR) is 68.2 cm³/mol. The second kappa shape index (κ2) is 6.59. The summed E-state index contributed by atoms with van der Waals surface area (Å²) in [6.07, 6.45) is 3.63. The van der Waals surface area contributed by atoms with Gasteiger partial charge >= 0.3 is 11.9 Å². The second-order valence-corrected chi connectivity index (χ2v) is 3.94. The van der Waals surface area contributed by atoms with Crippen molar-refractivity contribution in [3.8, 4) is 0 Å². The lowest BCUT2D eigenvalue weighted by atomic mass is 10.0. The first-order chi connectivity index (χ1) is 8.52. The van der Waals surface area contributed by atoms with Crippen LogP contribution >= 0.6 is 0 Å². The summed E-state index contributed by atoms with van der Waals surface area (Å²) in [7, 11) is 1.37. The van der Waals surface area contributed by atoms with Gasteiger partial charge < -0.3 is 9.84 Å². The molecule has 0 radical (unpaired) electrons. The van der Waals surface area contributed by atoms with Crippen molar-refractivity contribution in [2.75, 3.05) is 7.11 Å². The molecule has 0 aliphatic heterocycles. The number of hydrogen-bond acceptors (Lipinski definition) is 3. The Bertz CT molecular complexity index is 475. The highest BCUT2D eigenvalue weighted by Gasteiger charge is 2.03. The van der Waals surface area contributed by atoms with E-state index >= 15 is 0 Å². The van der Waals surface area contributed by atoms with E-state index in [-0.39, 0.29) is 5.97 Å². The third kappa shape index (κ3) is 4.41. The number of hydrogen-bond donors (Lipinski definition) is 1. The molecule has 18 heavy (non-hydrogen) atoms. The van der Waals surface area contributed by atoms with Crippen molar-refractivity contribution in [1.82, 2.24) is 0 Å². The van der Waals surface area contributed by atoms with Crippen molar-refractivity contribution in [2.24, 2.45) is 0 Å². The van der Waals surface area contributed by atoms with E-state index in [9.17, 15) is 9.59 Å². The molecule has 1 aromatic rings. The lowest BCUT2D eigenvalue weighted by Crippen LogP contribution is -2.02. The van der Waals surface area contributed by atoms with Crippen LogP contribution in [0.25, 0.3) is 6.08 Å². The highest BCUT2D eigenvalue weighted by Crippen LogP contribution is 2.14. The van der Waals surface area contributed by atoms with Gasteiger partial charge in [-0.2, -0.15) is 0 Å². The molecular weight excluding hydrogens is 232 g/mol. The Kier molecular flexibility index (Phi) is 5.11. The Labute approximate surface area is 106 Å². The zero-order valence-electron chi connectivity index (χ0n) is 10.5. The number of aliphatic carboxylic acids is 1. The normalized spacial score (nSPS) is 10.6. The number of rotatable bonds is 5. The highest BCUT2D eigenvalue weighted by molar-refractivity contribution is 5.85. The van der Waals surface area contributed by atoms with Crippen LogP contribution in [-0.2, 0) is 20.7 Å². The fraction of sp³-hybridized carbons (Fsp3) is 0.286. The van der Waals surface area contributed by atoms with Gasteiger partial charge in [0.2, 0.25) is 0 Å². The van der Waals surface area contributed by atoms with E-state index in [1.54, 1.807) is 6.08 Å². The molecular formula is C14H16O4. The maximum absolute atomic E-state index is 11.0. The summed E-state index contributed by atoms with van der Waals surface area (Å²) >= 11 is 0. The van der Waals surface area contributed by atoms with Gasteiger partial charge in [0.1, 0.15) is 0 Å². The van der Waals surface area contributed by atoms with Gasteiger partial charge in [0, 0.05) is 12.5 Å². The number of carboxylic acids is 1. The van der Waals surface area contributed by atoms with Gasteiger partial charge in [-0.3, -0.25) is 4.79 Å². The first-order valence-corrected chi connectivity index (χ1v) is 5.60. The van der Waals surface area contributed by atoms with Gasteiger partial charge in [-0.05, 0) is 36.1 Å². The number of esters is 1. The van der Waals surface area contributed by atoms with Crippen molar-refractivity contribution in [3.05, 3.63) is 41.0 Å². The number of aryl methyl sites for hydroxylation is 2. The summed E-state index contributed by atoms with van der Waals surface area (Å²) in [6.45, 7) is 1.91. The molecule has 4 nitrogen and oxygen atoms in total. The summed E-state index contributed by atoms with van der Waals surface area (Å²) < 4.78 is 4.58. The van der Waals surface area contributed by atoms with E-state index < -0.39 is 5.97 Å². The van der Waals surface area contributed by atoms with Gasteiger partial charge in [-0.15, -0.1) is 0 Å². The smallest absolute Gasteiger partial charge is 0.328 e. The molecule has 4 heteroatoms. The summed E-state index contributed by atoms with van der Waals surface area (Å²) in [5.74, 6) is -1.20. The van der Waals surface area contributed by atoms with Crippen LogP contribution in [0.5, 0.6) is 0 Å². The summed E-state index contributed by atoms with van der Waals surface area (Å²) in [6, 6.07) is 5.68. The Morgan fingerprint density at radius 3 is 2.67 bits per heavy atom. The van der Waals surface area contributed by atoms with Crippen LogP contribution in [0.2, 0.25) is 0 Å². The lowest BCUT2D eigenvalue weighted by molar-refractivity contribution is -0.140. The molecule has 0 unspecified atom stereocenters. The van der Waals surface area contributed by atoms with Gasteiger partial charge in [-0.1, -0.05) is 18.2 Å². The first-order valence-electron chi connectivity index (χ1n) is 5.60. The molecule has 0 aromatic heterocycles. The Hall–Kier alpha value is -2.10. The molecule has 1 aromatic carbocycles. The SMILES string of the molecule is COC(=O)CCc1ccc(/C=C/C(=O)O)c(C)c1. The van der Waals surface area contributed by atoms with Crippen LogP contribution in [0.1, 0.15) is 23.1 Å². The Balaban J connectivity index is 2.73. The van der Waals surface area contributed by atoms with Crippen LogP contribution < -0.4 is 0 Å². The van der Waals surface area contributed by atoms with Gasteiger partial charge in [0.25, 0.3) is 0 Å². The molecule has 96 valence electrons. The van der Waals surface area contributed by atoms with Crippen LogP contribution in [0, 0.1) is 6.92 Å². The maximum Gasteiger partial charge on any atom is 0.328 e. The average Bonchev–Trinajstić information content (AvgIpc) is 2.34. The van der Waals surface area contributed by atoms with E-state index in [0.29, 0.717) is 12.8 Å². The monoisotopic (exact) mass is 248 g/mol. The molecule has 0 amide bonds. The molecule has 0 heterocycles. The molecule has 0 atom stereocenters. The standard InChI is InChI=1S/C14H16O4/c1-10-9-11(4-8-14(17)18-2)3-5-12(10)6-7-13(15)16/h3,5-7,9H,4,8H2,1-2H3,(H,15,16)/b7-6+. The molecule has 1 N–H and O–H groups in total. The third-order valence-electron chi connectivity index (χ3n) is 2.59. The fourth-order valence-electron chi connectivity index (χ4n) is 1.59. The molecule has 1 rings (SSSR count). The van der Waals surface area contributed by atoms with Gasteiger partial charge in [-0.25, -0.2) is 4.79 Å². The number of ether oxygens (including phenoxy) is 1. The molecule has 0 saturated heterocycles. The number of carbonyl (C=O) groups is 2. The third-order valence-corrected chi connectivity index (χ3v) is 2.59. The summed E-state index contributed by atoms with van der Waals surface area (Å²) in [5, 5.41) is 8.55. The minimum Gasteiger partial charge on any atom is -0.478 e. The number of carbonyl (C=O) groups excluding carboxylic acids is 1. The topological polar surface area (TPSA) is 63.6 Å². The maximum atomic E-state index is 11.0. The quantitative estimate of drug-likeness (QED) is 0.641. The largest absolute Gasteiger partial charge is 0.478 e. The molecule has 0 saturated carbocycles. The minimum atomic E-state index is -0.968. The Morgan fingerprint density at radius 2 is 2.11 bits per heavy atom. The van der Waals surface area contributed by atoms with E-state index in [1.165, 1.54) is 7.11 Å². The van der Waals surface area contributed by atoms with Gasteiger partial charge in [0.15, 0.2) is 0 Å². The zero-order chi connectivity index (χ0) is 13.5. The average molecular weight is 248 g/mol. The number of methoxy groups -OCH3 is 1. The zero-order valence-corrected chi connectivity index (χ0v) is 10.5. The molecule has 0 bridgehead atoms. The first kappa shape index (κ1) is 14.0. The number of carboxylic acid groups (broad SMARTS) is 1. The highest BCUT2D eigenvalue weighted by atomic mass is 16.5. The van der Waals surface area contributed by atoms with Crippen LogP contribution in [0.3, 0.4) is 0 Å². The minimum absolute atomic E-state index is 0.234. The van der Waals surface area contributed by atoms with Crippen molar-refractivity contribution in [3.63, 3.8) is 0 Å². The van der Waals surface area contributed by atoms with Crippen LogP contribution in [0.4, 0.5) is 0 Å². The van der Waals surface area contributed by atoms with Crippen LogP contribution in [0.15, 0.2) is 24.3 Å². The van der Waals surface area contributed by atoms with E-state index in [4.69, 9.17) is 5.11 Å². The van der Waals surface area contributed by atoms with Crippen molar-refractivity contribution < 1.29 is 19.4 Å². The Morgan fingerprint density at radius 1 is 1.39 bits per heavy atom. The molecule has 0 spiro atoms. The predicted octanol–water partition coefficient (Wildman–Crippen LogP) is 2.20. The second-order valence-electron chi connectivity index (χ2n) is 3.94. The van der Waals surface area contributed by atoms with E-state index in [2.05, 4.69) is 4.74 Å². The van der Waals surface area contributed by atoms with E-state index in [1.807, 2.05) is 25.1 Å². The lowest BCUT2D eigenvalue weighted by Gasteiger charge is -2.05. The van der Waals surface area contributed by atoms with Crippen LogP contribution in [-0.4, -0.2) is 24.2 Å². The van der Waals surface area contributed by atoms with Crippen molar-refractivity contribution >= 4 is 18.0 Å². The molecule has 0 fully saturated rings. The molecule has 0 aliphatic carbocycles. The van der Waals surface area contributed by atoms with Gasteiger partial charge in [0.05, 0.1) is 7.11 Å². The summed E-state index contributed by atoms with van der Waals surface area (Å²) in [5.41, 5.74) is 2.87. The van der Waals surface area contributed by atoms with Crippen molar-refractivity contribution in [1.29, 1.82) is 0 Å². The molecule has 0 aliphatic rings. The number of benzene rings is 1. The summed E-state index contributed by atoms with van der Waals surface area (Å²) in [4.78, 5) is 21.4.